The van der Waals surface area contributed by atoms with Gasteiger partial charge in [0.05, 0.1) is 16.9 Å². The van der Waals surface area contributed by atoms with Crippen LogP contribution in [0, 0.1) is 0 Å². The maximum absolute atomic E-state index is 13.1. The number of imide groups is 1. The first-order valence-electron chi connectivity index (χ1n) is 11.1. The fourth-order valence-electron chi connectivity index (χ4n) is 5.29. The number of sulfonamides is 1. The zero-order chi connectivity index (χ0) is 22.5. The Bertz CT molecular complexity index is 1140. The van der Waals surface area contributed by atoms with Gasteiger partial charge in [0.2, 0.25) is 10.0 Å². The van der Waals surface area contributed by atoms with Crippen LogP contribution in [-0.2, 0) is 16.4 Å². The number of nitrogens with zero attached hydrogens (tertiary/aromatic N) is 3. The molecule has 0 spiro atoms. The Morgan fingerprint density at radius 3 is 2.34 bits per heavy atom. The van der Waals surface area contributed by atoms with Crippen molar-refractivity contribution in [2.24, 2.45) is 0 Å². The zero-order valence-corrected chi connectivity index (χ0v) is 18.9. The molecule has 5 rings (SSSR count). The molecule has 2 amide bonds. The van der Waals surface area contributed by atoms with E-state index in [4.69, 9.17) is 0 Å². The molecule has 1 fully saturated rings. The lowest BCUT2D eigenvalue weighted by atomic mass is 9.85. The van der Waals surface area contributed by atoms with Crippen LogP contribution >= 0.6 is 0 Å². The van der Waals surface area contributed by atoms with Crippen LogP contribution in [0.1, 0.15) is 50.7 Å². The van der Waals surface area contributed by atoms with E-state index >= 15 is 0 Å². The van der Waals surface area contributed by atoms with Gasteiger partial charge >= 0.3 is 0 Å². The van der Waals surface area contributed by atoms with Gasteiger partial charge in [-0.25, -0.2) is 12.7 Å². The second-order valence-corrected chi connectivity index (χ2v) is 11.0. The maximum atomic E-state index is 13.1. The number of fused-ring (bicyclic) bond motifs is 4. The maximum Gasteiger partial charge on any atom is 0.261 e. The SMILES string of the molecule is CN(C1CCN2CCc3ccccc3C2C1)S(=O)(=O)CCN1C(=O)c2ccccc2C1=O. The average molecular weight is 454 g/mol. The summed E-state index contributed by atoms with van der Waals surface area (Å²) in [4.78, 5) is 28.6. The first-order chi connectivity index (χ1) is 15.4. The van der Waals surface area contributed by atoms with Crippen LogP contribution < -0.4 is 0 Å². The molecular weight excluding hydrogens is 426 g/mol. The first-order valence-corrected chi connectivity index (χ1v) is 12.7. The van der Waals surface area contributed by atoms with E-state index in [0.29, 0.717) is 11.1 Å². The molecule has 32 heavy (non-hydrogen) atoms. The Hall–Kier alpha value is -2.55. The standard InChI is InChI=1S/C24H27N3O4S/c1-25(18-11-13-26-12-10-17-6-2-3-7-19(17)22(26)16-18)32(30,31)15-14-27-23(28)20-8-4-5-9-21(20)24(27)29/h2-9,18,22H,10-16H2,1H3. The minimum Gasteiger partial charge on any atom is -0.296 e. The molecule has 8 heteroatoms. The normalized spacial score (nSPS) is 23.2. The second kappa shape index (κ2) is 8.10. The van der Waals surface area contributed by atoms with Gasteiger partial charge in [-0.3, -0.25) is 19.4 Å². The second-order valence-electron chi connectivity index (χ2n) is 8.82. The number of rotatable bonds is 5. The summed E-state index contributed by atoms with van der Waals surface area (Å²) in [6.45, 7) is 1.73. The van der Waals surface area contributed by atoms with Gasteiger partial charge in [-0.15, -0.1) is 0 Å². The molecule has 0 radical (unpaired) electrons. The van der Waals surface area contributed by atoms with E-state index in [0.717, 1.165) is 37.3 Å². The summed E-state index contributed by atoms with van der Waals surface area (Å²) < 4.78 is 27.8. The van der Waals surface area contributed by atoms with E-state index in [-0.39, 0.29) is 24.4 Å². The van der Waals surface area contributed by atoms with Crippen molar-refractivity contribution in [3.63, 3.8) is 0 Å². The lowest BCUT2D eigenvalue weighted by Crippen LogP contribution is -2.50. The van der Waals surface area contributed by atoms with Crippen molar-refractivity contribution < 1.29 is 18.0 Å². The smallest absolute Gasteiger partial charge is 0.261 e. The predicted molar refractivity (Wildman–Crippen MR) is 121 cm³/mol. The van der Waals surface area contributed by atoms with Gasteiger partial charge in [-0.2, -0.15) is 0 Å². The minimum atomic E-state index is -3.63. The van der Waals surface area contributed by atoms with E-state index < -0.39 is 21.8 Å². The lowest BCUT2D eigenvalue weighted by molar-refractivity contribution is 0.0663. The third-order valence-electron chi connectivity index (χ3n) is 7.17. The molecule has 3 aliphatic rings. The number of piperidine rings is 1. The number of hydrogen-bond donors (Lipinski definition) is 0. The van der Waals surface area contributed by atoms with E-state index in [2.05, 4.69) is 29.2 Å². The monoisotopic (exact) mass is 453 g/mol. The average Bonchev–Trinajstić information content (AvgIpc) is 3.06. The van der Waals surface area contributed by atoms with Crippen molar-refractivity contribution in [3.05, 3.63) is 70.8 Å². The highest BCUT2D eigenvalue weighted by Crippen LogP contribution is 2.38. The van der Waals surface area contributed by atoms with Crippen LogP contribution in [0.3, 0.4) is 0 Å². The van der Waals surface area contributed by atoms with E-state index in [1.54, 1.807) is 31.3 Å². The van der Waals surface area contributed by atoms with E-state index in [9.17, 15) is 18.0 Å². The van der Waals surface area contributed by atoms with E-state index in [1.165, 1.54) is 15.4 Å². The molecule has 168 valence electrons. The molecule has 0 saturated carbocycles. The number of benzene rings is 2. The van der Waals surface area contributed by atoms with Crippen LogP contribution in [0.15, 0.2) is 48.5 Å². The van der Waals surface area contributed by atoms with Gasteiger partial charge < -0.3 is 0 Å². The molecule has 2 aromatic carbocycles. The van der Waals surface area contributed by atoms with E-state index in [1.807, 2.05) is 0 Å². The summed E-state index contributed by atoms with van der Waals surface area (Å²) in [5, 5.41) is 0. The fraction of sp³-hybridized carbons (Fsp3) is 0.417. The minimum absolute atomic E-state index is 0.102. The van der Waals surface area contributed by atoms with Crippen molar-refractivity contribution in [2.45, 2.75) is 31.3 Å². The van der Waals surface area contributed by atoms with Gasteiger partial charge in [0.25, 0.3) is 11.8 Å². The fourth-order valence-corrected chi connectivity index (χ4v) is 6.63. The van der Waals surface area contributed by atoms with Gasteiger partial charge in [-0.05, 0) is 42.5 Å². The third kappa shape index (κ3) is 3.56. The largest absolute Gasteiger partial charge is 0.296 e. The van der Waals surface area contributed by atoms with Crippen molar-refractivity contribution in [3.8, 4) is 0 Å². The molecule has 3 heterocycles. The van der Waals surface area contributed by atoms with Crippen LogP contribution in [-0.4, -0.2) is 72.8 Å². The third-order valence-corrected chi connectivity index (χ3v) is 9.05. The van der Waals surface area contributed by atoms with Crippen molar-refractivity contribution in [2.75, 3.05) is 32.4 Å². The molecular formula is C24H27N3O4S. The number of carbonyl (C=O) groups is 2. The van der Waals surface area contributed by atoms with Gasteiger partial charge in [0, 0.05) is 38.8 Å². The Morgan fingerprint density at radius 1 is 0.969 bits per heavy atom. The summed E-state index contributed by atoms with van der Waals surface area (Å²) in [6.07, 6.45) is 2.56. The quantitative estimate of drug-likeness (QED) is 0.650. The summed E-state index contributed by atoms with van der Waals surface area (Å²) in [7, 11) is -2.00. The molecule has 0 aliphatic carbocycles. The van der Waals surface area contributed by atoms with Crippen molar-refractivity contribution in [1.82, 2.24) is 14.1 Å². The molecule has 2 unspecified atom stereocenters. The molecule has 2 aromatic rings. The van der Waals surface area contributed by atoms with Crippen LogP contribution in [0.4, 0.5) is 0 Å². The Labute approximate surface area is 188 Å². The highest BCUT2D eigenvalue weighted by Gasteiger charge is 2.39. The van der Waals surface area contributed by atoms with Crippen LogP contribution in [0.5, 0.6) is 0 Å². The van der Waals surface area contributed by atoms with Gasteiger partial charge in [-0.1, -0.05) is 36.4 Å². The molecule has 2 atom stereocenters. The summed E-state index contributed by atoms with van der Waals surface area (Å²) in [6, 6.07) is 15.2. The zero-order valence-electron chi connectivity index (χ0n) is 18.1. The van der Waals surface area contributed by atoms with Crippen molar-refractivity contribution >= 4 is 21.8 Å². The molecule has 0 N–H and O–H groups in total. The summed E-state index contributed by atoms with van der Waals surface area (Å²) in [5.74, 6) is -1.11. The van der Waals surface area contributed by atoms with Gasteiger partial charge in [0.1, 0.15) is 0 Å². The Kier molecular flexibility index (Phi) is 5.39. The van der Waals surface area contributed by atoms with Crippen molar-refractivity contribution in [1.29, 1.82) is 0 Å². The molecule has 7 nitrogen and oxygen atoms in total. The number of carbonyl (C=O) groups excluding carboxylic acids is 2. The summed E-state index contributed by atoms with van der Waals surface area (Å²) in [5.41, 5.74) is 3.34. The molecule has 0 bridgehead atoms. The van der Waals surface area contributed by atoms with Crippen LogP contribution in [0.25, 0.3) is 0 Å². The molecule has 0 aromatic heterocycles. The Balaban J connectivity index is 1.27. The molecule has 1 saturated heterocycles. The highest BCUT2D eigenvalue weighted by atomic mass is 32.2. The first kappa shape index (κ1) is 21.3. The topological polar surface area (TPSA) is 78.0 Å². The lowest BCUT2D eigenvalue weighted by Gasteiger charge is -2.45. The van der Waals surface area contributed by atoms with Crippen LogP contribution in [0.2, 0.25) is 0 Å². The summed E-state index contributed by atoms with van der Waals surface area (Å²) >= 11 is 0. The van der Waals surface area contributed by atoms with Gasteiger partial charge in [0.15, 0.2) is 0 Å². The number of hydrogen-bond acceptors (Lipinski definition) is 5. The predicted octanol–water partition coefficient (Wildman–Crippen LogP) is 2.31. The molecule has 3 aliphatic heterocycles. The number of amides is 2. The Morgan fingerprint density at radius 2 is 1.62 bits per heavy atom. The highest BCUT2D eigenvalue weighted by molar-refractivity contribution is 7.89.